The monoisotopic (exact) mass is 677 g/mol. The van der Waals surface area contributed by atoms with Gasteiger partial charge in [-0.1, -0.05) is 60.1 Å². The number of aliphatic hydroxyl groups is 1. The van der Waals surface area contributed by atoms with Gasteiger partial charge in [-0.25, -0.2) is 0 Å². The fourth-order valence-corrected chi connectivity index (χ4v) is 14.1. The maximum Gasteiger partial charge on any atom is 0.159 e. The first-order valence-electron chi connectivity index (χ1n) is 20.8. The minimum atomic E-state index is 0.107. The second kappa shape index (κ2) is 14.2. The third-order valence-corrected chi connectivity index (χ3v) is 17.0. The van der Waals surface area contributed by atoms with Crippen molar-refractivity contribution in [2.24, 2.45) is 87.1 Å². The lowest BCUT2D eigenvalue weighted by Gasteiger charge is -2.67. The first-order chi connectivity index (χ1) is 23.3. The molecule has 0 saturated heterocycles. The number of Topliss-reactive ketones (excluding diaryl/α,β-unsaturated/α-hetero) is 2. The van der Waals surface area contributed by atoms with Gasteiger partial charge < -0.3 is 16.2 Å². The SMILES string of the molecule is C=C(O)C1CC(C(=O)CC2CCC3(C)C(CCC4(C)C5CCC6(CCNCC7CCC7)CC(=O)C(C(C)C)=C6C5CCC43)C2C)C1C.CN. The van der Waals surface area contributed by atoms with Crippen LogP contribution < -0.4 is 11.1 Å². The van der Waals surface area contributed by atoms with Crippen LogP contribution in [0, 0.1) is 81.3 Å². The Labute approximate surface area is 299 Å². The van der Waals surface area contributed by atoms with E-state index in [0.717, 1.165) is 44.1 Å². The maximum atomic E-state index is 13.8. The van der Waals surface area contributed by atoms with Crippen LogP contribution in [0.15, 0.2) is 23.5 Å². The van der Waals surface area contributed by atoms with E-state index in [0.29, 0.717) is 57.9 Å². The summed E-state index contributed by atoms with van der Waals surface area (Å²) >= 11 is 0. The summed E-state index contributed by atoms with van der Waals surface area (Å²) in [6, 6.07) is 0. The standard InChI is InChI=1S/C43H67NO3.CH5N/c1-25(2)39-37(47)23-43(19-20-44-24-29-9-8-10-29)18-15-35-31(40(39)43)11-12-38-41(6)16-13-30(26(3)34(41)14-17-42(35,38)7)21-36(46)33-22-32(27(33)4)28(5)45;1-2/h25-27,29-35,38,44-45H,5,8-24H2,1-4,6-7H3;2H2,1H3. The third-order valence-electron chi connectivity index (χ3n) is 17.0. The zero-order valence-electron chi connectivity index (χ0n) is 32.4. The van der Waals surface area contributed by atoms with Crippen LogP contribution in [0.3, 0.4) is 0 Å². The lowest BCUT2D eigenvalue weighted by atomic mass is 9.37. The minimum Gasteiger partial charge on any atom is -0.513 e. The average molecular weight is 677 g/mol. The van der Waals surface area contributed by atoms with Crippen molar-refractivity contribution >= 4 is 11.6 Å². The van der Waals surface area contributed by atoms with E-state index < -0.39 is 0 Å². The van der Waals surface area contributed by atoms with Crippen LogP contribution in [0.5, 0.6) is 0 Å². The normalized spacial score (nSPS) is 44.4. The fourth-order valence-electron chi connectivity index (χ4n) is 14.1. The summed E-state index contributed by atoms with van der Waals surface area (Å²) in [6.45, 7) is 20.5. The number of carbonyl (C=O) groups excluding carboxylic acids is 2. The maximum absolute atomic E-state index is 13.8. The Morgan fingerprint density at radius 3 is 2.24 bits per heavy atom. The number of nitrogens with two attached hydrogens (primary N) is 1. The third kappa shape index (κ3) is 6.15. The lowest BCUT2D eigenvalue weighted by molar-refractivity contribution is -0.172. The average Bonchev–Trinajstić information content (AvgIpc) is 3.33. The molecule has 49 heavy (non-hydrogen) atoms. The summed E-state index contributed by atoms with van der Waals surface area (Å²) in [4.78, 5) is 27.3. The van der Waals surface area contributed by atoms with Gasteiger partial charge in [-0.2, -0.15) is 0 Å². The van der Waals surface area contributed by atoms with Gasteiger partial charge in [0.1, 0.15) is 5.78 Å². The molecule has 6 fully saturated rings. The molecule has 0 spiro atoms. The van der Waals surface area contributed by atoms with Gasteiger partial charge in [0, 0.05) is 30.1 Å². The summed E-state index contributed by atoms with van der Waals surface area (Å²) in [5, 5.41) is 13.7. The van der Waals surface area contributed by atoms with Crippen LogP contribution in [-0.4, -0.2) is 36.8 Å². The highest BCUT2D eigenvalue weighted by atomic mass is 16.3. The predicted molar refractivity (Wildman–Crippen MR) is 201 cm³/mol. The van der Waals surface area contributed by atoms with Crippen molar-refractivity contribution in [3.63, 3.8) is 0 Å². The molecule has 0 aromatic rings. The quantitative estimate of drug-likeness (QED) is 0.158. The molecule has 5 nitrogen and oxygen atoms in total. The van der Waals surface area contributed by atoms with Crippen molar-refractivity contribution in [3.8, 4) is 0 Å². The van der Waals surface area contributed by atoms with Crippen LogP contribution in [-0.2, 0) is 9.59 Å². The molecule has 0 heterocycles. The molecule has 0 radical (unpaired) electrons. The molecule has 12 unspecified atom stereocenters. The Balaban J connectivity index is 0.00000205. The van der Waals surface area contributed by atoms with E-state index >= 15 is 0 Å². The lowest BCUT2D eigenvalue weighted by Crippen LogP contribution is -2.60. The van der Waals surface area contributed by atoms with Gasteiger partial charge in [-0.3, -0.25) is 9.59 Å². The van der Waals surface area contributed by atoms with Crippen LogP contribution in [0.2, 0.25) is 0 Å². The molecule has 0 bridgehead atoms. The smallest absolute Gasteiger partial charge is 0.159 e. The Morgan fingerprint density at radius 1 is 0.939 bits per heavy atom. The molecule has 0 aromatic heterocycles. The van der Waals surface area contributed by atoms with Crippen LogP contribution in [0.4, 0.5) is 0 Å². The molecule has 4 N–H and O–H groups in total. The minimum absolute atomic E-state index is 0.107. The van der Waals surface area contributed by atoms with Crippen molar-refractivity contribution < 1.29 is 14.7 Å². The van der Waals surface area contributed by atoms with E-state index in [1.165, 1.54) is 89.8 Å². The molecule has 6 saturated carbocycles. The summed E-state index contributed by atoms with van der Waals surface area (Å²) in [7, 11) is 1.50. The van der Waals surface area contributed by atoms with Gasteiger partial charge in [0.2, 0.25) is 0 Å². The predicted octanol–water partition coefficient (Wildman–Crippen LogP) is 9.46. The number of rotatable bonds is 10. The van der Waals surface area contributed by atoms with Gasteiger partial charge >= 0.3 is 0 Å². The van der Waals surface area contributed by atoms with E-state index in [-0.39, 0.29) is 28.9 Å². The van der Waals surface area contributed by atoms with Crippen molar-refractivity contribution in [2.45, 2.75) is 138 Å². The molecule has 0 aromatic carbocycles. The number of aliphatic hydroxyl groups excluding tert-OH is 1. The number of hydrogen-bond acceptors (Lipinski definition) is 5. The molecular weight excluding hydrogens is 604 g/mol. The number of hydrogen-bond donors (Lipinski definition) is 3. The molecule has 0 aliphatic heterocycles. The molecule has 276 valence electrons. The topological polar surface area (TPSA) is 92.4 Å². The van der Waals surface area contributed by atoms with Gasteiger partial charge in [-0.05, 0) is 167 Å². The van der Waals surface area contributed by atoms with Crippen LogP contribution in [0.1, 0.15) is 138 Å². The first kappa shape index (κ1) is 37.3. The Bertz CT molecular complexity index is 1300. The van der Waals surface area contributed by atoms with E-state index in [2.05, 4.69) is 59.2 Å². The van der Waals surface area contributed by atoms with Gasteiger partial charge in [-0.15, -0.1) is 0 Å². The summed E-state index contributed by atoms with van der Waals surface area (Å²) in [6.07, 6.45) is 17.8. The number of ketones is 2. The molecule has 7 rings (SSSR count). The Kier molecular flexibility index (Phi) is 10.8. The second-order valence-corrected chi connectivity index (χ2v) is 19.3. The van der Waals surface area contributed by atoms with Crippen LogP contribution >= 0.6 is 0 Å². The molecular formula is C44H72N2O3. The van der Waals surface area contributed by atoms with Crippen molar-refractivity contribution in [3.05, 3.63) is 23.5 Å². The number of nitrogens with one attached hydrogen (secondary N) is 1. The van der Waals surface area contributed by atoms with Gasteiger partial charge in [0.25, 0.3) is 0 Å². The van der Waals surface area contributed by atoms with E-state index in [1.54, 1.807) is 5.57 Å². The van der Waals surface area contributed by atoms with E-state index in [4.69, 9.17) is 0 Å². The van der Waals surface area contributed by atoms with E-state index in [1.807, 2.05) is 0 Å². The summed E-state index contributed by atoms with van der Waals surface area (Å²) < 4.78 is 0. The highest BCUT2D eigenvalue weighted by Crippen LogP contribution is 2.72. The zero-order chi connectivity index (χ0) is 35.5. The first-order valence-corrected chi connectivity index (χ1v) is 20.8. The summed E-state index contributed by atoms with van der Waals surface area (Å²) in [5.41, 5.74) is 8.20. The van der Waals surface area contributed by atoms with Gasteiger partial charge in [0.15, 0.2) is 5.78 Å². The summed E-state index contributed by atoms with van der Waals surface area (Å²) in [5.74, 6) is 6.68. The largest absolute Gasteiger partial charge is 0.513 e. The Hall–Kier alpha value is -1.46. The van der Waals surface area contributed by atoms with Crippen LogP contribution in [0.25, 0.3) is 0 Å². The van der Waals surface area contributed by atoms with Crippen molar-refractivity contribution in [1.82, 2.24) is 5.32 Å². The second-order valence-electron chi connectivity index (χ2n) is 19.3. The van der Waals surface area contributed by atoms with Gasteiger partial charge in [0.05, 0.1) is 5.76 Å². The molecule has 5 heteroatoms. The number of allylic oxidation sites excluding steroid dienone is 3. The fraction of sp³-hybridized carbons (Fsp3) is 0.864. The Morgan fingerprint density at radius 2 is 1.61 bits per heavy atom. The molecule has 7 aliphatic rings. The highest BCUT2D eigenvalue weighted by Gasteiger charge is 2.64. The number of carbonyl (C=O) groups is 2. The molecule has 0 amide bonds. The number of fused-ring (bicyclic) bond motifs is 7. The molecule has 7 aliphatic carbocycles. The highest BCUT2D eigenvalue weighted by molar-refractivity contribution is 6.00. The van der Waals surface area contributed by atoms with E-state index in [9.17, 15) is 14.7 Å². The zero-order valence-corrected chi connectivity index (χ0v) is 32.4. The van der Waals surface area contributed by atoms with Crippen molar-refractivity contribution in [2.75, 3.05) is 20.1 Å². The van der Waals surface area contributed by atoms with Crippen molar-refractivity contribution in [1.29, 1.82) is 0 Å². The molecule has 12 atom stereocenters.